The molecule has 1 aromatic rings. The third-order valence-electron chi connectivity index (χ3n) is 5.79. The van der Waals surface area contributed by atoms with Gasteiger partial charge in [0.15, 0.2) is 0 Å². The molecule has 9 heteroatoms. The van der Waals surface area contributed by atoms with E-state index in [2.05, 4.69) is 18.3 Å². The summed E-state index contributed by atoms with van der Waals surface area (Å²) in [7, 11) is 1.54. The summed E-state index contributed by atoms with van der Waals surface area (Å²) >= 11 is 0. The minimum atomic E-state index is -0.620. The minimum Gasteiger partial charge on any atom is -0.383 e. The number of aryl methyl sites for hydroxylation is 1. The number of piperazine rings is 1. The molecule has 0 bridgehead atoms. The molecule has 0 aromatic carbocycles. The Labute approximate surface area is 183 Å². The van der Waals surface area contributed by atoms with Gasteiger partial charge in [-0.2, -0.15) is 5.26 Å². The highest BCUT2D eigenvalue weighted by molar-refractivity contribution is 6.35. The molecule has 0 atom stereocenters. The number of anilines is 1. The number of carbonyl (C=O) groups is 2. The first-order valence-electron chi connectivity index (χ1n) is 10.7. The van der Waals surface area contributed by atoms with Crippen molar-refractivity contribution in [2.75, 3.05) is 51.3 Å². The maximum Gasteiger partial charge on any atom is 0.312 e. The summed E-state index contributed by atoms with van der Waals surface area (Å²) < 4.78 is 10.9. The number of fused-ring (bicyclic) bond motifs is 1. The average Bonchev–Trinajstić information content (AvgIpc) is 2.76. The zero-order valence-corrected chi connectivity index (χ0v) is 18.8. The van der Waals surface area contributed by atoms with Crippen LogP contribution < -0.4 is 10.2 Å². The Kier molecular flexibility index (Phi) is 7.13. The summed E-state index contributed by atoms with van der Waals surface area (Å²) in [6.45, 7) is 9.06. The number of amides is 2. The Morgan fingerprint density at radius 1 is 1.26 bits per heavy atom. The van der Waals surface area contributed by atoms with Crippen molar-refractivity contribution >= 4 is 17.6 Å². The molecule has 9 nitrogen and oxygen atoms in total. The number of carbonyl (C=O) groups excluding carboxylic acids is 2. The van der Waals surface area contributed by atoms with Gasteiger partial charge in [0.2, 0.25) is 0 Å². The van der Waals surface area contributed by atoms with Crippen LogP contribution in [0.1, 0.15) is 43.2 Å². The van der Waals surface area contributed by atoms with Crippen molar-refractivity contribution in [2.45, 2.75) is 45.8 Å². The van der Waals surface area contributed by atoms with Gasteiger partial charge in [-0.05, 0) is 25.8 Å². The van der Waals surface area contributed by atoms with E-state index in [4.69, 9.17) is 14.5 Å². The lowest BCUT2D eigenvalue weighted by molar-refractivity contribution is -0.146. The summed E-state index contributed by atoms with van der Waals surface area (Å²) in [5, 5.41) is 12.5. The fourth-order valence-electron chi connectivity index (χ4n) is 4.07. The molecule has 0 spiro atoms. The van der Waals surface area contributed by atoms with Gasteiger partial charge in [-0.15, -0.1) is 0 Å². The molecule has 0 aliphatic carbocycles. The first kappa shape index (κ1) is 23.0. The first-order chi connectivity index (χ1) is 14.8. The van der Waals surface area contributed by atoms with Crippen LogP contribution in [-0.2, 0) is 38.5 Å². The monoisotopic (exact) mass is 429 g/mol. The Morgan fingerprint density at radius 3 is 2.58 bits per heavy atom. The van der Waals surface area contributed by atoms with E-state index in [0.29, 0.717) is 63.7 Å². The Balaban J connectivity index is 1.77. The molecule has 0 saturated carbocycles. The number of ether oxygens (including phenoxy) is 2. The van der Waals surface area contributed by atoms with Gasteiger partial charge in [0.1, 0.15) is 11.9 Å². The summed E-state index contributed by atoms with van der Waals surface area (Å²) in [5.74, 6) is -0.485. The van der Waals surface area contributed by atoms with Gasteiger partial charge in [-0.25, -0.2) is 4.98 Å². The first-order valence-corrected chi connectivity index (χ1v) is 10.7. The predicted octanol–water partition coefficient (Wildman–Crippen LogP) is 0.778. The molecule has 1 aromatic heterocycles. The maximum absolute atomic E-state index is 12.4. The molecular weight excluding hydrogens is 398 g/mol. The standard InChI is InChI=1S/C22H31N5O4/c1-5-18-17-14-31-22(2,3)12-15(17)16(13-23)19(25-18)26-7-9-27(10-8-26)21(29)20(28)24-6-11-30-4/h5-12,14H2,1-4H3,(H,24,28). The van der Waals surface area contributed by atoms with Crippen LogP contribution in [0.25, 0.3) is 0 Å². The molecule has 0 unspecified atom stereocenters. The Morgan fingerprint density at radius 2 is 1.97 bits per heavy atom. The lowest BCUT2D eigenvalue weighted by atomic mass is 9.87. The Hall–Kier alpha value is -2.70. The van der Waals surface area contributed by atoms with Crippen LogP contribution >= 0.6 is 0 Å². The molecular formula is C22H31N5O4. The lowest BCUT2D eigenvalue weighted by Gasteiger charge is -2.38. The van der Waals surface area contributed by atoms with Gasteiger partial charge in [-0.1, -0.05) is 6.92 Å². The van der Waals surface area contributed by atoms with Crippen molar-refractivity contribution in [1.82, 2.24) is 15.2 Å². The summed E-state index contributed by atoms with van der Waals surface area (Å²) in [6, 6.07) is 2.37. The zero-order chi connectivity index (χ0) is 22.6. The van der Waals surface area contributed by atoms with Crippen molar-refractivity contribution in [1.29, 1.82) is 5.26 Å². The van der Waals surface area contributed by atoms with E-state index >= 15 is 0 Å². The van der Waals surface area contributed by atoms with Crippen LogP contribution in [0.4, 0.5) is 5.82 Å². The van der Waals surface area contributed by atoms with Crippen molar-refractivity contribution in [3.8, 4) is 6.07 Å². The zero-order valence-electron chi connectivity index (χ0n) is 18.8. The largest absolute Gasteiger partial charge is 0.383 e. The predicted molar refractivity (Wildman–Crippen MR) is 115 cm³/mol. The van der Waals surface area contributed by atoms with E-state index in [0.717, 1.165) is 23.2 Å². The Bertz CT molecular complexity index is 885. The van der Waals surface area contributed by atoms with Gasteiger partial charge in [-0.3, -0.25) is 9.59 Å². The number of pyridine rings is 1. The van der Waals surface area contributed by atoms with E-state index in [1.165, 1.54) is 7.11 Å². The molecule has 31 heavy (non-hydrogen) atoms. The molecule has 3 rings (SSSR count). The van der Waals surface area contributed by atoms with Crippen LogP contribution in [0, 0.1) is 11.3 Å². The van der Waals surface area contributed by atoms with Gasteiger partial charge in [0.25, 0.3) is 0 Å². The van der Waals surface area contributed by atoms with Gasteiger partial charge < -0.3 is 24.6 Å². The normalized spacial score (nSPS) is 17.6. The molecule has 1 saturated heterocycles. The average molecular weight is 430 g/mol. The fourth-order valence-corrected chi connectivity index (χ4v) is 4.07. The summed E-state index contributed by atoms with van der Waals surface area (Å²) in [4.78, 5) is 32.8. The van der Waals surface area contributed by atoms with E-state index < -0.39 is 11.8 Å². The van der Waals surface area contributed by atoms with Crippen molar-refractivity contribution in [2.24, 2.45) is 0 Å². The summed E-state index contributed by atoms with van der Waals surface area (Å²) in [6.07, 6.45) is 1.42. The quantitative estimate of drug-likeness (QED) is 0.544. The number of methoxy groups -OCH3 is 1. The lowest BCUT2D eigenvalue weighted by Crippen LogP contribution is -2.53. The van der Waals surface area contributed by atoms with E-state index in [-0.39, 0.29) is 5.60 Å². The van der Waals surface area contributed by atoms with Crippen LogP contribution in [0.5, 0.6) is 0 Å². The molecule has 2 amide bonds. The third kappa shape index (κ3) is 4.97. The van der Waals surface area contributed by atoms with E-state index in [1.54, 1.807) is 4.90 Å². The van der Waals surface area contributed by atoms with Crippen molar-refractivity contribution in [3.63, 3.8) is 0 Å². The highest BCUT2D eigenvalue weighted by Crippen LogP contribution is 2.35. The molecule has 1 N–H and O–H groups in total. The number of hydrogen-bond donors (Lipinski definition) is 1. The fraction of sp³-hybridized carbons (Fsp3) is 0.636. The third-order valence-corrected chi connectivity index (χ3v) is 5.79. The van der Waals surface area contributed by atoms with Gasteiger partial charge >= 0.3 is 11.8 Å². The number of hydrogen-bond acceptors (Lipinski definition) is 7. The van der Waals surface area contributed by atoms with Crippen LogP contribution in [0.2, 0.25) is 0 Å². The number of rotatable bonds is 5. The number of nitriles is 1. The number of nitrogens with one attached hydrogen (secondary N) is 1. The second-order valence-corrected chi connectivity index (χ2v) is 8.43. The van der Waals surface area contributed by atoms with Crippen molar-refractivity contribution < 1.29 is 19.1 Å². The molecule has 2 aliphatic heterocycles. The second kappa shape index (κ2) is 9.62. The van der Waals surface area contributed by atoms with Crippen LogP contribution in [0.3, 0.4) is 0 Å². The number of nitrogens with zero attached hydrogens (tertiary/aromatic N) is 4. The molecule has 3 heterocycles. The number of aromatic nitrogens is 1. The molecule has 0 radical (unpaired) electrons. The van der Waals surface area contributed by atoms with E-state index in [9.17, 15) is 14.9 Å². The van der Waals surface area contributed by atoms with Crippen molar-refractivity contribution in [3.05, 3.63) is 22.4 Å². The highest BCUT2D eigenvalue weighted by atomic mass is 16.5. The maximum atomic E-state index is 12.4. The highest BCUT2D eigenvalue weighted by Gasteiger charge is 2.34. The van der Waals surface area contributed by atoms with Gasteiger partial charge in [0, 0.05) is 57.5 Å². The smallest absolute Gasteiger partial charge is 0.312 e. The van der Waals surface area contributed by atoms with Gasteiger partial charge in [0.05, 0.1) is 24.4 Å². The topological polar surface area (TPSA) is 108 Å². The van der Waals surface area contributed by atoms with E-state index in [1.807, 2.05) is 18.7 Å². The van der Waals surface area contributed by atoms with Crippen LogP contribution in [0.15, 0.2) is 0 Å². The molecule has 168 valence electrons. The summed E-state index contributed by atoms with van der Waals surface area (Å²) in [5.41, 5.74) is 3.28. The SMILES string of the molecule is CCc1nc(N2CCN(C(=O)C(=O)NCCOC)CC2)c(C#N)c2c1COC(C)(C)C2. The minimum absolute atomic E-state index is 0.297. The second-order valence-electron chi connectivity index (χ2n) is 8.43. The molecule has 2 aliphatic rings. The molecule has 1 fully saturated rings. The van der Waals surface area contributed by atoms with Crippen LogP contribution in [-0.4, -0.2) is 73.7 Å².